The van der Waals surface area contributed by atoms with Gasteiger partial charge in [0.1, 0.15) is 5.75 Å². The van der Waals surface area contributed by atoms with Gasteiger partial charge in [0.15, 0.2) is 0 Å². The number of ether oxygens (including phenoxy) is 1. The van der Waals surface area contributed by atoms with E-state index in [4.69, 9.17) is 16.3 Å². The molecule has 1 aromatic carbocycles. The normalized spacial score (nSPS) is 15.4. The van der Waals surface area contributed by atoms with Gasteiger partial charge in [0.05, 0.1) is 12.0 Å². The first-order chi connectivity index (χ1) is 8.25. The molecule has 0 amide bonds. The average molecular weight is 330 g/mol. The molecule has 0 bridgehead atoms. The summed E-state index contributed by atoms with van der Waals surface area (Å²) >= 11 is 11.7. The Kier molecular flexibility index (Phi) is 3.16. The van der Waals surface area contributed by atoms with E-state index in [1.165, 1.54) is 5.56 Å². The van der Waals surface area contributed by atoms with Crippen LogP contribution in [0.2, 0.25) is 0 Å². The van der Waals surface area contributed by atoms with Gasteiger partial charge >= 0.3 is 0 Å². The van der Waals surface area contributed by atoms with Gasteiger partial charge in [0.2, 0.25) is 0 Å². The van der Waals surface area contributed by atoms with Gasteiger partial charge in [0.25, 0.3) is 0 Å². The van der Waals surface area contributed by atoms with Crippen LogP contribution in [0.5, 0.6) is 5.75 Å². The standard InChI is InChI=1S/C13H10BrClOS/c14-10-4-6-17-13(10)12(15)9-1-2-11-8(7-9)3-5-16-11/h1-2,4,6-7,12H,3,5H2. The quantitative estimate of drug-likeness (QED) is 0.721. The molecule has 4 heteroatoms. The third kappa shape index (κ3) is 2.12. The molecule has 0 saturated carbocycles. The third-order valence-electron chi connectivity index (χ3n) is 2.88. The van der Waals surface area contributed by atoms with Crippen LogP contribution in [0.25, 0.3) is 0 Å². The van der Waals surface area contributed by atoms with Gasteiger partial charge in [-0.15, -0.1) is 22.9 Å². The van der Waals surface area contributed by atoms with E-state index in [1.807, 2.05) is 23.6 Å². The number of hydrogen-bond donors (Lipinski definition) is 0. The van der Waals surface area contributed by atoms with Crippen LogP contribution in [0.4, 0.5) is 0 Å². The van der Waals surface area contributed by atoms with Crippen LogP contribution in [0.3, 0.4) is 0 Å². The first-order valence-corrected chi connectivity index (χ1v) is 7.49. The lowest BCUT2D eigenvalue weighted by molar-refractivity contribution is 0.357. The number of alkyl halides is 1. The van der Waals surface area contributed by atoms with Crippen molar-refractivity contribution in [2.24, 2.45) is 0 Å². The highest BCUT2D eigenvalue weighted by Gasteiger charge is 2.19. The number of rotatable bonds is 2. The predicted octanol–water partition coefficient (Wildman–Crippen LogP) is 4.77. The number of fused-ring (bicyclic) bond motifs is 1. The molecule has 0 radical (unpaired) electrons. The van der Waals surface area contributed by atoms with Crippen LogP contribution in [0.1, 0.15) is 21.4 Å². The second kappa shape index (κ2) is 4.63. The fraction of sp³-hybridized carbons (Fsp3) is 0.231. The lowest BCUT2D eigenvalue weighted by Crippen LogP contribution is -1.92. The van der Waals surface area contributed by atoms with E-state index in [1.54, 1.807) is 11.3 Å². The van der Waals surface area contributed by atoms with E-state index in [2.05, 4.69) is 22.0 Å². The zero-order valence-corrected chi connectivity index (χ0v) is 12.1. The predicted molar refractivity (Wildman–Crippen MR) is 75.4 cm³/mol. The number of thiophene rings is 1. The van der Waals surface area contributed by atoms with E-state index in [9.17, 15) is 0 Å². The summed E-state index contributed by atoms with van der Waals surface area (Å²) in [5.74, 6) is 1.00. The van der Waals surface area contributed by atoms with Crippen LogP contribution >= 0.6 is 38.9 Å². The highest BCUT2D eigenvalue weighted by molar-refractivity contribution is 9.10. The monoisotopic (exact) mass is 328 g/mol. The molecule has 0 fully saturated rings. The zero-order chi connectivity index (χ0) is 11.8. The number of hydrogen-bond acceptors (Lipinski definition) is 2. The van der Waals surface area contributed by atoms with Crippen LogP contribution < -0.4 is 4.74 Å². The first kappa shape index (κ1) is 11.6. The lowest BCUT2D eigenvalue weighted by atomic mass is 10.1. The van der Waals surface area contributed by atoms with Gasteiger partial charge in [-0.05, 0) is 44.6 Å². The van der Waals surface area contributed by atoms with Crippen molar-refractivity contribution in [3.05, 3.63) is 50.1 Å². The molecule has 2 heterocycles. The summed E-state index contributed by atoms with van der Waals surface area (Å²) in [5, 5.41) is 1.96. The van der Waals surface area contributed by atoms with E-state index in [0.29, 0.717) is 0 Å². The van der Waals surface area contributed by atoms with E-state index in [-0.39, 0.29) is 5.38 Å². The SMILES string of the molecule is ClC(c1ccc2c(c1)CCO2)c1sccc1Br. The zero-order valence-electron chi connectivity index (χ0n) is 8.95. The Balaban J connectivity index is 1.97. The second-order valence-electron chi connectivity index (χ2n) is 3.96. The molecule has 1 nitrogen and oxygen atoms in total. The average Bonchev–Trinajstić information content (AvgIpc) is 2.95. The molecule has 2 aromatic rings. The highest BCUT2D eigenvalue weighted by atomic mass is 79.9. The molecule has 17 heavy (non-hydrogen) atoms. The summed E-state index contributed by atoms with van der Waals surface area (Å²) in [4.78, 5) is 1.16. The smallest absolute Gasteiger partial charge is 0.122 e. The Hall–Kier alpha value is -0.510. The van der Waals surface area contributed by atoms with Crippen molar-refractivity contribution in [1.82, 2.24) is 0 Å². The molecule has 1 atom stereocenters. The Labute approximate surface area is 118 Å². The molecule has 88 valence electrons. The summed E-state index contributed by atoms with van der Waals surface area (Å²) in [7, 11) is 0. The van der Waals surface area contributed by atoms with Crippen molar-refractivity contribution in [1.29, 1.82) is 0 Å². The highest BCUT2D eigenvalue weighted by Crippen LogP contribution is 2.39. The van der Waals surface area contributed by atoms with Crippen LogP contribution in [0.15, 0.2) is 34.1 Å². The maximum Gasteiger partial charge on any atom is 0.122 e. The van der Waals surface area contributed by atoms with Crippen molar-refractivity contribution in [2.45, 2.75) is 11.8 Å². The molecule has 0 aliphatic carbocycles. The Morgan fingerprint density at radius 1 is 1.35 bits per heavy atom. The van der Waals surface area contributed by atoms with E-state index in [0.717, 1.165) is 33.7 Å². The topological polar surface area (TPSA) is 9.23 Å². The minimum atomic E-state index is -0.0877. The molecular weight excluding hydrogens is 320 g/mol. The van der Waals surface area contributed by atoms with Crippen LogP contribution in [0, 0.1) is 0 Å². The fourth-order valence-electron chi connectivity index (χ4n) is 2.00. The summed E-state index contributed by atoms with van der Waals surface area (Å²) < 4.78 is 6.58. The molecule has 0 N–H and O–H groups in total. The molecular formula is C13H10BrClOS. The molecule has 3 rings (SSSR count). The van der Waals surface area contributed by atoms with E-state index < -0.39 is 0 Å². The molecule has 1 unspecified atom stereocenters. The maximum absolute atomic E-state index is 6.52. The molecule has 1 aliphatic heterocycles. The van der Waals surface area contributed by atoms with Crippen molar-refractivity contribution in [3.63, 3.8) is 0 Å². The van der Waals surface area contributed by atoms with Gasteiger partial charge in [-0.25, -0.2) is 0 Å². The van der Waals surface area contributed by atoms with Gasteiger partial charge < -0.3 is 4.74 Å². The Morgan fingerprint density at radius 3 is 3.00 bits per heavy atom. The van der Waals surface area contributed by atoms with Crippen molar-refractivity contribution < 1.29 is 4.74 Å². The van der Waals surface area contributed by atoms with Crippen molar-refractivity contribution in [2.75, 3.05) is 6.61 Å². The number of benzene rings is 1. The minimum Gasteiger partial charge on any atom is -0.493 e. The lowest BCUT2D eigenvalue weighted by Gasteiger charge is -2.10. The molecule has 0 saturated heterocycles. The molecule has 1 aliphatic rings. The van der Waals surface area contributed by atoms with Crippen molar-refractivity contribution >= 4 is 38.9 Å². The van der Waals surface area contributed by atoms with Gasteiger partial charge in [-0.1, -0.05) is 12.1 Å². The Morgan fingerprint density at radius 2 is 2.24 bits per heavy atom. The first-order valence-electron chi connectivity index (χ1n) is 5.38. The molecule has 1 aromatic heterocycles. The van der Waals surface area contributed by atoms with Gasteiger partial charge in [-0.2, -0.15) is 0 Å². The summed E-state index contributed by atoms with van der Waals surface area (Å²) in [6.45, 7) is 0.786. The maximum atomic E-state index is 6.52. The summed E-state index contributed by atoms with van der Waals surface area (Å²) in [6, 6.07) is 8.26. The Bertz CT molecular complexity index is 552. The summed E-state index contributed by atoms with van der Waals surface area (Å²) in [6.07, 6.45) is 0.985. The van der Waals surface area contributed by atoms with Crippen LogP contribution in [-0.4, -0.2) is 6.61 Å². The third-order valence-corrected chi connectivity index (χ3v) is 5.42. The van der Waals surface area contributed by atoms with Gasteiger partial charge in [0, 0.05) is 15.8 Å². The van der Waals surface area contributed by atoms with E-state index >= 15 is 0 Å². The minimum absolute atomic E-state index is 0.0877. The van der Waals surface area contributed by atoms with Gasteiger partial charge in [-0.3, -0.25) is 0 Å². The largest absolute Gasteiger partial charge is 0.493 e. The van der Waals surface area contributed by atoms with Crippen LogP contribution in [-0.2, 0) is 6.42 Å². The second-order valence-corrected chi connectivity index (χ2v) is 6.20. The fourth-order valence-corrected chi connectivity index (χ4v) is 4.14. The summed E-state index contributed by atoms with van der Waals surface area (Å²) in [5.41, 5.74) is 2.40. The number of halogens is 2. The molecule has 0 spiro atoms. The van der Waals surface area contributed by atoms with Crippen molar-refractivity contribution in [3.8, 4) is 5.75 Å².